The second kappa shape index (κ2) is 10.4. The fourth-order valence-corrected chi connectivity index (χ4v) is 4.57. The molecule has 1 saturated heterocycles. The Bertz CT molecular complexity index is 904. The maximum atomic E-state index is 13.9. The van der Waals surface area contributed by atoms with Gasteiger partial charge in [0.25, 0.3) is 0 Å². The van der Waals surface area contributed by atoms with Crippen LogP contribution in [-0.2, 0) is 21.2 Å². The Morgan fingerprint density at radius 3 is 2.68 bits per heavy atom. The quantitative estimate of drug-likeness (QED) is 0.363. The number of sulfonamides is 1. The van der Waals surface area contributed by atoms with E-state index in [1.807, 2.05) is 0 Å². The van der Waals surface area contributed by atoms with Gasteiger partial charge in [0.15, 0.2) is 11.6 Å². The van der Waals surface area contributed by atoms with E-state index in [0.29, 0.717) is 51.3 Å². The van der Waals surface area contributed by atoms with Gasteiger partial charge in [0.2, 0.25) is 15.9 Å². The Hall–Kier alpha value is -2.20. The molecule has 0 bridgehead atoms. The highest BCUT2D eigenvalue weighted by molar-refractivity contribution is 7.89. The van der Waals surface area contributed by atoms with E-state index < -0.39 is 15.8 Å². The number of benzene rings is 1. The number of halogens is 1. The minimum atomic E-state index is -3.40. The zero-order valence-corrected chi connectivity index (χ0v) is 18.6. The molecule has 1 saturated carbocycles. The minimum Gasteiger partial charge on any atom is -0.490 e. The van der Waals surface area contributed by atoms with E-state index in [2.05, 4.69) is 5.32 Å². The van der Waals surface area contributed by atoms with Gasteiger partial charge >= 0.3 is 6.03 Å². The molecule has 2 fully saturated rings. The highest BCUT2D eigenvalue weighted by Gasteiger charge is 2.26. The second-order valence-corrected chi connectivity index (χ2v) is 10.4. The van der Waals surface area contributed by atoms with Crippen molar-refractivity contribution in [2.45, 2.75) is 38.5 Å². The van der Waals surface area contributed by atoms with Gasteiger partial charge in [0.1, 0.15) is 6.54 Å². The Morgan fingerprint density at radius 1 is 1.23 bits per heavy atom. The lowest BCUT2D eigenvalue weighted by atomic mass is 10.1. The standard InChI is InChI=1S/C21H30FN3O5S/c1-24(11-9-16-7-8-18(22)19(13-16)30-15-17-5-6-17)31(28,29)12-4-2-3-10-25-14-20(26)23-21(25)27/h7-8,13,17H,2-6,9-12,14-15H2,1H3,(H,23,26,27). The first-order valence-corrected chi connectivity index (χ1v) is 12.3. The van der Waals surface area contributed by atoms with Crippen molar-refractivity contribution in [3.63, 3.8) is 0 Å². The van der Waals surface area contributed by atoms with Crippen molar-refractivity contribution in [1.82, 2.24) is 14.5 Å². The molecule has 172 valence electrons. The molecular formula is C21H30FN3O5S. The van der Waals surface area contributed by atoms with E-state index in [4.69, 9.17) is 4.74 Å². The van der Waals surface area contributed by atoms with Crippen LogP contribution in [0.5, 0.6) is 5.75 Å². The molecule has 0 unspecified atom stereocenters. The molecule has 1 aromatic rings. The molecule has 10 heteroatoms. The normalized spacial score (nSPS) is 16.8. The van der Waals surface area contributed by atoms with Crippen molar-refractivity contribution in [2.75, 3.05) is 39.0 Å². The summed E-state index contributed by atoms with van der Waals surface area (Å²) in [6.45, 7) is 1.32. The number of nitrogens with one attached hydrogen (secondary N) is 1. The lowest BCUT2D eigenvalue weighted by Gasteiger charge is -2.18. The van der Waals surface area contributed by atoms with Gasteiger partial charge in [-0.05, 0) is 55.7 Å². The summed E-state index contributed by atoms with van der Waals surface area (Å²) in [5.74, 6) is 0.0593. The highest BCUT2D eigenvalue weighted by Crippen LogP contribution is 2.30. The molecule has 2 aliphatic rings. The number of imide groups is 1. The molecule has 1 aromatic carbocycles. The lowest BCUT2D eigenvalue weighted by Crippen LogP contribution is -2.31. The van der Waals surface area contributed by atoms with E-state index in [1.165, 1.54) is 15.3 Å². The van der Waals surface area contributed by atoms with Crippen LogP contribution < -0.4 is 10.1 Å². The van der Waals surface area contributed by atoms with Gasteiger partial charge in [-0.25, -0.2) is 21.9 Å². The second-order valence-electron chi connectivity index (χ2n) is 8.24. The van der Waals surface area contributed by atoms with Gasteiger partial charge in [-0.3, -0.25) is 10.1 Å². The van der Waals surface area contributed by atoms with Crippen LogP contribution >= 0.6 is 0 Å². The fourth-order valence-electron chi connectivity index (χ4n) is 3.32. The number of rotatable bonds is 13. The first-order chi connectivity index (χ1) is 14.7. The third kappa shape index (κ3) is 7.17. The van der Waals surface area contributed by atoms with Crippen LogP contribution in [-0.4, -0.2) is 68.6 Å². The highest BCUT2D eigenvalue weighted by atomic mass is 32.2. The van der Waals surface area contributed by atoms with Crippen molar-refractivity contribution < 1.29 is 27.1 Å². The number of ether oxygens (including phenoxy) is 1. The number of unbranched alkanes of at least 4 members (excludes halogenated alkanes) is 2. The van der Waals surface area contributed by atoms with Gasteiger partial charge in [0, 0.05) is 20.1 Å². The summed E-state index contributed by atoms with van der Waals surface area (Å²) < 4.78 is 45.8. The monoisotopic (exact) mass is 455 g/mol. The molecule has 0 atom stereocenters. The van der Waals surface area contributed by atoms with Crippen LogP contribution in [0, 0.1) is 11.7 Å². The minimum absolute atomic E-state index is 0.0216. The summed E-state index contributed by atoms with van der Waals surface area (Å²) in [5.41, 5.74) is 0.827. The zero-order valence-electron chi connectivity index (χ0n) is 17.8. The van der Waals surface area contributed by atoms with E-state index >= 15 is 0 Å². The molecule has 3 rings (SSSR count). The summed E-state index contributed by atoms with van der Waals surface area (Å²) in [6.07, 6.45) is 4.47. The van der Waals surface area contributed by atoms with Crippen molar-refractivity contribution in [3.8, 4) is 5.75 Å². The number of carbonyl (C=O) groups excluding carboxylic acids is 2. The molecule has 0 aromatic heterocycles. The zero-order chi connectivity index (χ0) is 22.4. The molecule has 3 amide bonds. The maximum absolute atomic E-state index is 13.9. The van der Waals surface area contributed by atoms with Gasteiger partial charge in [-0.1, -0.05) is 12.5 Å². The van der Waals surface area contributed by atoms with Crippen molar-refractivity contribution in [1.29, 1.82) is 0 Å². The SMILES string of the molecule is CN(CCc1ccc(F)c(OCC2CC2)c1)S(=O)(=O)CCCCCN1CC(=O)NC1=O. The Morgan fingerprint density at radius 2 is 2.00 bits per heavy atom. The summed E-state index contributed by atoms with van der Waals surface area (Å²) in [6, 6.07) is 4.27. The predicted octanol–water partition coefficient (Wildman–Crippen LogP) is 2.14. The third-order valence-corrected chi connectivity index (χ3v) is 7.49. The molecule has 8 nitrogen and oxygen atoms in total. The summed E-state index contributed by atoms with van der Waals surface area (Å²) in [7, 11) is -1.85. The van der Waals surface area contributed by atoms with Gasteiger partial charge in [0.05, 0.1) is 12.4 Å². The predicted molar refractivity (Wildman–Crippen MR) is 114 cm³/mol. The van der Waals surface area contributed by atoms with E-state index in [-0.39, 0.29) is 30.0 Å². The van der Waals surface area contributed by atoms with E-state index in [0.717, 1.165) is 18.4 Å². The van der Waals surface area contributed by atoms with Crippen LogP contribution in [0.4, 0.5) is 9.18 Å². The summed E-state index contributed by atoms with van der Waals surface area (Å²) >= 11 is 0. The third-order valence-electron chi connectivity index (χ3n) is 5.56. The van der Waals surface area contributed by atoms with Crippen molar-refractivity contribution >= 4 is 22.0 Å². The Kier molecular flexibility index (Phi) is 7.88. The fraction of sp³-hybridized carbons (Fsp3) is 0.619. The summed E-state index contributed by atoms with van der Waals surface area (Å²) in [4.78, 5) is 24.0. The maximum Gasteiger partial charge on any atom is 0.324 e. The van der Waals surface area contributed by atoms with Crippen LogP contribution in [0.2, 0.25) is 0 Å². The number of nitrogens with zero attached hydrogens (tertiary/aromatic N) is 2. The number of hydrogen-bond donors (Lipinski definition) is 1. The van der Waals surface area contributed by atoms with Gasteiger partial charge < -0.3 is 9.64 Å². The molecule has 1 N–H and O–H groups in total. The molecule has 0 spiro atoms. The van der Waals surface area contributed by atoms with Crippen molar-refractivity contribution in [2.24, 2.45) is 5.92 Å². The molecule has 1 heterocycles. The molecule has 0 radical (unpaired) electrons. The number of hydrogen-bond acceptors (Lipinski definition) is 5. The Labute approximate surface area is 182 Å². The number of amides is 3. The number of carbonyl (C=O) groups is 2. The average Bonchev–Trinajstić information content (AvgIpc) is 3.49. The topological polar surface area (TPSA) is 96.0 Å². The van der Waals surface area contributed by atoms with Crippen LogP contribution in [0.3, 0.4) is 0 Å². The molecule has 1 aliphatic carbocycles. The lowest BCUT2D eigenvalue weighted by molar-refractivity contribution is -0.118. The van der Waals surface area contributed by atoms with Crippen LogP contribution in [0.1, 0.15) is 37.7 Å². The number of likely N-dealkylation sites (N-methyl/N-ethyl adjacent to an activating group) is 1. The first-order valence-electron chi connectivity index (χ1n) is 10.7. The molecular weight excluding hydrogens is 425 g/mol. The average molecular weight is 456 g/mol. The van der Waals surface area contributed by atoms with Crippen LogP contribution in [0.15, 0.2) is 18.2 Å². The molecule has 31 heavy (non-hydrogen) atoms. The van der Waals surface area contributed by atoms with Gasteiger partial charge in [-0.2, -0.15) is 0 Å². The number of urea groups is 1. The van der Waals surface area contributed by atoms with E-state index in [1.54, 1.807) is 19.2 Å². The van der Waals surface area contributed by atoms with Gasteiger partial charge in [-0.15, -0.1) is 0 Å². The van der Waals surface area contributed by atoms with Crippen molar-refractivity contribution in [3.05, 3.63) is 29.6 Å². The largest absolute Gasteiger partial charge is 0.490 e. The first kappa shape index (κ1) is 23.5. The molecule has 1 aliphatic heterocycles. The smallest absolute Gasteiger partial charge is 0.324 e. The van der Waals surface area contributed by atoms with E-state index in [9.17, 15) is 22.4 Å². The Balaban J connectivity index is 1.37. The summed E-state index contributed by atoms with van der Waals surface area (Å²) in [5, 5.41) is 2.21. The van der Waals surface area contributed by atoms with Crippen LogP contribution in [0.25, 0.3) is 0 Å².